The van der Waals surface area contributed by atoms with Crippen molar-refractivity contribution in [1.29, 1.82) is 0 Å². The van der Waals surface area contributed by atoms with Crippen LogP contribution in [0.15, 0.2) is 0 Å². The highest BCUT2D eigenvalue weighted by Gasteiger charge is 2.45. The molecule has 0 atom stereocenters. The molecule has 0 aromatic carbocycles. The summed E-state index contributed by atoms with van der Waals surface area (Å²) < 4.78 is 0. The Labute approximate surface area is 557 Å². The summed E-state index contributed by atoms with van der Waals surface area (Å²) in [6.45, 7) is 52.5. The molecule has 3 aromatic rings. The first-order chi connectivity index (χ1) is 42.2. The normalized spacial score (nSPS) is 23.4. The SMILES string of the molecule is Cc1nc(N(CCCNc2nc(N(C)C3CC(C)(C)NC(C)(C)C3)nc(N(C)C3CC(C)(C)NC(C)(C)C3)n2)CCN(C)CCCNc2nc(N(C)C3CC(C)(C)NC(C)(C)C3)nc(N(C)C3CC(C)(C)NC(C)(C)C3)n2)nc(N(C)C2CC(C)(C)NC(C)(C)C2)n1. The summed E-state index contributed by atoms with van der Waals surface area (Å²) in [7, 11) is 13.0. The van der Waals surface area contributed by atoms with E-state index in [0.717, 1.165) is 96.7 Å². The molecule has 5 aliphatic heterocycles. The van der Waals surface area contributed by atoms with Crippen molar-refractivity contribution >= 4 is 47.6 Å². The average molecular weight is 1280 g/mol. The number of nitrogens with one attached hydrogen (secondary N) is 7. The van der Waals surface area contributed by atoms with E-state index >= 15 is 0 Å². The lowest BCUT2D eigenvalue weighted by molar-refractivity contribution is 0.159. The summed E-state index contributed by atoms with van der Waals surface area (Å²) in [5, 5.41) is 26.7. The Morgan fingerprint density at radius 3 is 0.804 bits per heavy atom. The fraction of sp³-hybridized carbons (Fsp3) is 0.870. The van der Waals surface area contributed by atoms with Gasteiger partial charge >= 0.3 is 0 Å². The summed E-state index contributed by atoms with van der Waals surface area (Å²) in [5.74, 6) is 6.11. The zero-order valence-electron chi connectivity index (χ0n) is 62.8. The Morgan fingerprint density at radius 1 is 0.304 bits per heavy atom. The van der Waals surface area contributed by atoms with Crippen LogP contribution in [-0.2, 0) is 0 Å². The molecule has 520 valence electrons. The Morgan fingerprint density at radius 2 is 0.533 bits per heavy atom. The second-order valence-corrected chi connectivity index (χ2v) is 35.7. The lowest BCUT2D eigenvalue weighted by Crippen LogP contribution is -2.62. The number of hydrogen-bond donors (Lipinski definition) is 7. The van der Waals surface area contributed by atoms with Crippen LogP contribution in [-0.4, -0.2) is 217 Å². The van der Waals surface area contributed by atoms with E-state index in [0.29, 0.717) is 73.0 Å². The van der Waals surface area contributed by atoms with E-state index in [-0.39, 0.29) is 85.6 Å². The van der Waals surface area contributed by atoms with Crippen molar-refractivity contribution in [2.24, 2.45) is 0 Å². The molecule has 0 amide bonds. The summed E-state index contributed by atoms with van der Waals surface area (Å²) in [5.41, 5.74) is -0.356. The summed E-state index contributed by atoms with van der Waals surface area (Å²) in [6, 6.07) is 1.24. The highest BCUT2D eigenvalue weighted by atomic mass is 15.4. The lowest BCUT2D eigenvalue weighted by Gasteiger charge is -2.49. The lowest BCUT2D eigenvalue weighted by atomic mass is 9.79. The van der Waals surface area contributed by atoms with Gasteiger partial charge in [-0.1, -0.05) is 0 Å². The first-order valence-corrected chi connectivity index (χ1v) is 34.9. The van der Waals surface area contributed by atoms with E-state index in [4.69, 9.17) is 44.9 Å². The topological polar surface area (TPSA) is 223 Å². The zero-order chi connectivity index (χ0) is 68.2. The van der Waals surface area contributed by atoms with Crippen molar-refractivity contribution in [3.05, 3.63) is 5.82 Å². The smallest absolute Gasteiger partial charge is 0.231 e. The minimum Gasteiger partial charge on any atom is -0.354 e. The molecule has 0 radical (unpaired) electrons. The maximum atomic E-state index is 5.32. The van der Waals surface area contributed by atoms with Crippen LogP contribution in [0.25, 0.3) is 0 Å². The van der Waals surface area contributed by atoms with Crippen LogP contribution in [0.1, 0.15) is 221 Å². The quantitative estimate of drug-likeness (QED) is 0.0416. The van der Waals surface area contributed by atoms with Gasteiger partial charge in [0.2, 0.25) is 47.6 Å². The summed E-state index contributed by atoms with van der Waals surface area (Å²) in [4.78, 5) is 63.0. The summed E-state index contributed by atoms with van der Waals surface area (Å²) >= 11 is 0. The molecule has 5 aliphatic rings. The van der Waals surface area contributed by atoms with E-state index in [2.05, 4.69) is 252 Å². The van der Waals surface area contributed by atoms with Gasteiger partial charge in [-0.25, -0.2) is 0 Å². The molecule has 5 saturated heterocycles. The van der Waals surface area contributed by atoms with Crippen LogP contribution in [0.4, 0.5) is 47.6 Å². The second kappa shape index (κ2) is 27.0. The van der Waals surface area contributed by atoms with E-state index < -0.39 is 0 Å². The molecule has 92 heavy (non-hydrogen) atoms. The van der Waals surface area contributed by atoms with Crippen molar-refractivity contribution < 1.29 is 0 Å². The highest BCUT2D eigenvalue weighted by Crippen LogP contribution is 2.39. The molecule has 3 aromatic heterocycles. The Balaban J connectivity index is 1.00. The van der Waals surface area contributed by atoms with Crippen LogP contribution >= 0.6 is 0 Å². The largest absolute Gasteiger partial charge is 0.354 e. The number of anilines is 8. The molecule has 0 saturated carbocycles. The first-order valence-electron chi connectivity index (χ1n) is 34.9. The van der Waals surface area contributed by atoms with Crippen molar-refractivity contribution in [2.45, 2.75) is 308 Å². The predicted octanol–water partition coefficient (Wildman–Crippen LogP) is 9.02. The molecule has 0 bridgehead atoms. The third-order valence-corrected chi connectivity index (χ3v) is 20.0. The molecule has 0 unspecified atom stereocenters. The van der Waals surface area contributed by atoms with Gasteiger partial charge in [0.25, 0.3) is 0 Å². The third kappa shape index (κ3) is 19.9. The number of rotatable bonds is 24. The number of likely N-dealkylation sites (N-methyl/N-ethyl adjacent to an activating group) is 1. The molecular weight excluding hydrogens is 1150 g/mol. The van der Waals surface area contributed by atoms with Crippen molar-refractivity contribution in [3.63, 3.8) is 0 Å². The molecular formula is C69H129N23. The maximum Gasteiger partial charge on any atom is 0.231 e. The van der Waals surface area contributed by atoms with Gasteiger partial charge in [0, 0.05) is 154 Å². The van der Waals surface area contributed by atoms with Crippen molar-refractivity contribution in [3.8, 4) is 0 Å². The van der Waals surface area contributed by atoms with E-state index in [9.17, 15) is 0 Å². The Kier molecular flexibility index (Phi) is 21.4. The Hall–Kier alpha value is -4.81. The molecule has 5 fully saturated rings. The fourth-order valence-electron chi connectivity index (χ4n) is 17.5. The standard InChI is InChI=1S/C69H129N23/c1-46-72-54(87(23)47-36-60(2,3)81-61(4,5)37-47)80-59(73-46)92(33-29-31-71-53-76-57(90(26)50-42-66(14,15)84-67(16,17)43-50)79-58(77-53)91(27)51-44-68(18,19)85-69(20,21)45-51)35-34-86(22)32-28-30-70-52-74-55(88(24)48-38-62(6,7)82-63(8,9)39-48)78-56(75-52)89(25)49-40-64(10,11)83-65(12,13)41-49/h47-51,81-85H,28-45H2,1-27H3,(H,70,74,75,78)(H,71,76,77,79). The molecule has 23 nitrogen and oxygen atoms in total. The van der Waals surface area contributed by atoms with Gasteiger partial charge in [0.15, 0.2) is 0 Å². The number of aromatic nitrogens is 9. The van der Waals surface area contributed by atoms with E-state index in [1.54, 1.807) is 0 Å². The van der Waals surface area contributed by atoms with Gasteiger partial charge in [-0.15, -0.1) is 0 Å². The number of hydrogen-bond acceptors (Lipinski definition) is 23. The second-order valence-electron chi connectivity index (χ2n) is 35.7. The molecule has 8 rings (SSSR count). The van der Waals surface area contributed by atoms with Crippen LogP contribution < -0.4 is 66.6 Å². The third-order valence-electron chi connectivity index (χ3n) is 20.0. The van der Waals surface area contributed by atoms with E-state index in [1.165, 1.54) is 0 Å². The van der Waals surface area contributed by atoms with Crippen LogP contribution in [0.3, 0.4) is 0 Å². The molecule has 23 heteroatoms. The zero-order valence-corrected chi connectivity index (χ0v) is 62.8. The average Bonchev–Trinajstić information content (AvgIpc) is 0.804. The Bertz CT molecular complexity index is 2750. The van der Waals surface area contributed by atoms with Crippen molar-refractivity contribution in [2.75, 3.05) is 122 Å². The summed E-state index contributed by atoms with van der Waals surface area (Å²) in [6.07, 6.45) is 11.4. The molecule has 8 heterocycles. The number of aryl methyl sites for hydroxylation is 1. The molecule has 0 aliphatic carbocycles. The highest BCUT2D eigenvalue weighted by molar-refractivity contribution is 5.48. The van der Waals surface area contributed by atoms with Gasteiger partial charge in [0.05, 0.1) is 0 Å². The monoisotopic (exact) mass is 1280 g/mol. The van der Waals surface area contributed by atoms with Gasteiger partial charge < -0.3 is 71.5 Å². The van der Waals surface area contributed by atoms with Crippen LogP contribution in [0.2, 0.25) is 0 Å². The predicted molar refractivity (Wildman–Crippen MR) is 384 cm³/mol. The number of piperidine rings is 5. The van der Waals surface area contributed by atoms with Crippen LogP contribution in [0.5, 0.6) is 0 Å². The van der Waals surface area contributed by atoms with Crippen LogP contribution in [0, 0.1) is 6.92 Å². The van der Waals surface area contributed by atoms with Gasteiger partial charge in [-0.2, -0.15) is 44.9 Å². The molecule has 7 N–H and O–H groups in total. The van der Waals surface area contributed by atoms with E-state index in [1.807, 2.05) is 6.92 Å². The molecule has 0 spiro atoms. The maximum absolute atomic E-state index is 5.32. The minimum absolute atomic E-state index is 0.0288. The first kappa shape index (κ1) is 73.0. The van der Waals surface area contributed by atoms with Gasteiger partial charge in [-0.3, -0.25) is 0 Å². The van der Waals surface area contributed by atoms with Gasteiger partial charge in [-0.05, 0) is 236 Å². The van der Waals surface area contributed by atoms with Crippen molar-refractivity contribution in [1.82, 2.24) is 76.3 Å². The number of nitrogens with zero attached hydrogens (tertiary/aromatic N) is 16. The fourth-order valence-corrected chi connectivity index (χ4v) is 17.5. The van der Waals surface area contributed by atoms with Gasteiger partial charge in [0.1, 0.15) is 5.82 Å². The minimum atomic E-state index is -0.0425.